The molecule has 1 rings (SSSR count). The lowest BCUT2D eigenvalue weighted by Gasteiger charge is -2.01. The molecule has 4 heteroatoms. The zero-order valence-electron chi connectivity index (χ0n) is 5.57. The monoisotopic (exact) mass is 126 g/mol. The molecular weight excluding hydrogens is 116 g/mol. The Balaban J connectivity index is 2.85. The summed E-state index contributed by atoms with van der Waals surface area (Å²) in [5, 5.41) is 3.99. The van der Waals surface area contributed by atoms with E-state index >= 15 is 0 Å². The zero-order chi connectivity index (χ0) is 6.85. The molecule has 0 aromatic carbocycles. The average molecular weight is 126 g/mol. The van der Waals surface area contributed by atoms with Gasteiger partial charge >= 0.3 is 0 Å². The molecule has 1 unspecified atom stereocenters. The first-order valence-corrected chi connectivity index (χ1v) is 2.83. The van der Waals surface area contributed by atoms with Crippen LogP contribution in [0.5, 0.6) is 0 Å². The molecule has 50 valence electrons. The topological polar surface area (TPSA) is 56.7 Å². The van der Waals surface area contributed by atoms with E-state index in [1.54, 1.807) is 11.0 Å². The Morgan fingerprint density at radius 2 is 2.44 bits per heavy atom. The standard InChI is InChI=1S/C5H10N4/c1-4(6)9-3-7-5(2)8-9/h3-4H,6H2,1-2H3. The SMILES string of the molecule is Cc1ncn(C(C)N)n1. The summed E-state index contributed by atoms with van der Waals surface area (Å²) in [5.41, 5.74) is 5.49. The second kappa shape index (κ2) is 2.14. The summed E-state index contributed by atoms with van der Waals surface area (Å²) in [4.78, 5) is 3.91. The number of rotatable bonds is 1. The molecular formula is C5H10N4. The van der Waals surface area contributed by atoms with Crippen molar-refractivity contribution in [2.24, 2.45) is 5.73 Å². The van der Waals surface area contributed by atoms with Crippen LogP contribution in [0.15, 0.2) is 6.33 Å². The Labute approximate surface area is 53.7 Å². The van der Waals surface area contributed by atoms with Gasteiger partial charge in [-0.3, -0.25) is 0 Å². The van der Waals surface area contributed by atoms with Gasteiger partial charge in [-0.2, -0.15) is 5.10 Å². The van der Waals surface area contributed by atoms with Crippen LogP contribution >= 0.6 is 0 Å². The van der Waals surface area contributed by atoms with E-state index in [-0.39, 0.29) is 6.17 Å². The van der Waals surface area contributed by atoms with E-state index in [2.05, 4.69) is 10.1 Å². The third kappa shape index (κ3) is 1.26. The molecule has 2 N–H and O–H groups in total. The summed E-state index contributed by atoms with van der Waals surface area (Å²) in [6.45, 7) is 3.69. The molecule has 0 bridgehead atoms. The smallest absolute Gasteiger partial charge is 0.147 e. The summed E-state index contributed by atoms with van der Waals surface area (Å²) in [6, 6.07) is 0. The van der Waals surface area contributed by atoms with Crippen molar-refractivity contribution in [2.45, 2.75) is 20.0 Å². The molecule has 0 aliphatic rings. The maximum atomic E-state index is 5.49. The van der Waals surface area contributed by atoms with Crippen molar-refractivity contribution >= 4 is 0 Å². The van der Waals surface area contributed by atoms with Crippen molar-refractivity contribution in [1.82, 2.24) is 14.8 Å². The highest BCUT2D eigenvalue weighted by atomic mass is 15.4. The van der Waals surface area contributed by atoms with E-state index in [0.29, 0.717) is 0 Å². The molecule has 1 aromatic rings. The molecule has 0 radical (unpaired) electrons. The number of aryl methyl sites for hydroxylation is 1. The minimum Gasteiger partial charge on any atom is -0.310 e. The van der Waals surface area contributed by atoms with Crippen LogP contribution in [-0.4, -0.2) is 14.8 Å². The Kier molecular flexibility index (Phi) is 1.48. The largest absolute Gasteiger partial charge is 0.310 e. The predicted octanol–water partition coefficient (Wildman–Crippen LogP) is 0.0637. The summed E-state index contributed by atoms with van der Waals surface area (Å²) < 4.78 is 1.62. The molecule has 1 atom stereocenters. The van der Waals surface area contributed by atoms with Crippen molar-refractivity contribution in [3.63, 3.8) is 0 Å². The lowest BCUT2D eigenvalue weighted by Crippen LogP contribution is -2.14. The molecule has 4 nitrogen and oxygen atoms in total. The Morgan fingerprint density at radius 1 is 1.78 bits per heavy atom. The van der Waals surface area contributed by atoms with Crippen molar-refractivity contribution < 1.29 is 0 Å². The second-order valence-electron chi connectivity index (χ2n) is 2.01. The average Bonchev–Trinajstić information content (AvgIpc) is 2.14. The summed E-state index contributed by atoms with van der Waals surface area (Å²) >= 11 is 0. The normalized spacial score (nSPS) is 13.7. The number of aromatic nitrogens is 3. The Morgan fingerprint density at radius 3 is 2.67 bits per heavy atom. The quantitative estimate of drug-likeness (QED) is 0.579. The van der Waals surface area contributed by atoms with E-state index in [9.17, 15) is 0 Å². The van der Waals surface area contributed by atoms with Crippen LogP contribution in [0.4, 0.5) is 0 Å². The fourth-order valence-corrected chi connectivity index (χ4v) is 0.558. The van der Waals surface area contributed by atoms with E-state index in [1.165, 1.54) is 0 Å². The van der Waals surface area contributed by atoms with Gasteiger partial charge in [-0.05, 0) is 13.8 Å². The molecule has 0 amide bonds. The molecule has 0 aliphatic carbocycles. The molecule has 0 saturated carbocycles. The summed E-state index contributed by atoms with van der Waals surface area (Å²) in [6.07, 6.45) is 1.55. The minimum atomic E-state index is -0.0776. The van der Waals surface area contributed by atoms with Crippen LogP contribution in [0, 0.1) is 6.92 Å². The lowest BCUT2D eigenvalue weighted by atomic mass is 10.6. The first-order chi connectivity index (χ1) is 4.20. The van der Waals surface area contributed by atoms with Gasteiger partial charge in [-0.25, -0.2) is 9.67 Å². The second-order valence-corrected chi connectivity index (χ2v) is 2.01. The van der Waals surface area contributed by atoms with E-state index in [0.717, 1.165) is 5.82 Å². The van der Waals surface area contributed by atoms with Crippen molar-refractivity contribution in [2.75, 3.05) is 0 Å². The van der Waals surface area contributed by atoms with Gasteiger partial charge in [-0.15, -0.1) is 0 Å². The third-order valence-electron chi connectivity index (χ3n) is 1.04. The predicted molar refractivity (Wildman–Crippen MR) is 33.7 cm³/mol. The first kappa shape index (κ1) is 6.22. The number of hydrogen-bond donors (Lipinski definition) is 1. The van der Waals surface area contributed by atoms with Gasteiger partial charge in [0.1, 0.15) is 12.2 Å². The summed E-state index contributed by atoms with van der Waals surface area (Å²) in [5.74, 6) is 0.757. The van der Waals surface area contributed by atoms with Gasteiger partial charge in [0.05, 0.1) is 6.17 Å². The molecule has 0 aliphatic heterocycles. The van der Waals surface area contributed by atoms with E-state index < -0.39 is 0 Å². The fraction of sp³-hybridized carbons (Fsp3) is 0.600. The van der Waals surface area contributed by atoms with Gasteiger partial charge in [0.25, 0.3) is 0 Å². The van der Waals surface area contributed by atoms with Crippen LogP contribution < -0.4 is 5.73 Å². The van der Waals surface area contributed by atoms with Crippen LogP contribution in [0.2, 0.25) is 0 Å². The summed E-state index contributed by atoms with van der Waals surface area (Å²) in [7, 11) is 0. The highest BCUT2D eigenvalue weighted by molar-refractivity contribution is 4.75. The van der Waals surface area contributed by atoms with Crippen LogP contribution in [0.25, 0.3) is 0 Å². The number of hydrogen-bond acceptors (Lipinski definition) is 3. The van der Waals surface area contributed by atoms with Gasteiger partial charge in [-0.1, -0.05) is 0 Å². The Bertz CT molecular complexity index is 191. The maximum Gasteiger partial charge on any atom is 0.147 e. The molecule has 9 heavy (non-hydrogen) atoms. The van der Waals surface area contributed by atoms with Crippen molar-refractivity contribution in [3.05, 3.63) is 12.2 Å². The first-order valence-electron chi connectivity index (χ1n) is 2.83. The fourth-order valence-electron chi connectivity index (χ4n) is 0.558. The molecule has 1 aromatic heterocycles. The molecule has 1 heterocycles. The Hall–Kier alpha value is -0.900. The zero-order valence-corrected chi connectivity index (χ0v) is 5.57. The van der Waals surface area contributed by atoms with Gasteiger partial charge in [0.15, 0.2) is 0 Å². The van der Waals surface area contributed by atoms with Crippen molar-refractivity contribution in [3.8, 4) is 0 Å². The van der Waals surface area contributed by atoms with Gasteiger partial charge in [0, 0.05) is 0 Å². The molecule has 0 saturated heterocycles. The number of nitrogens with two attached hydrogens (primary N) is 1. The van der Waals surface area contributed by atoms with Crippen LogP contribution in [-0.2, 0) is 0 Å². The minimum absolute atomic E-state index is 0.0776. The van der Waals surface area contributed by atoms with Crippen LogP contribution in [0.3, 0.4) is 0 Å². The van der Waals surface area contributed by atoms with Crippen LogP contribution in [0.1, 0.15) is 18.9 Å². The van der Waals surface area contributed by atoms with E-state index in [4.69, 9.17) is 5.73 Å². The number of nitrogens with zero attached hydrogens (tertiary/aromatic N) is 3. The molecule has 0 spiro atoms. The van der Waals surface area contributed by atoms with Gasteiger partial charge in [0.2, 0.25) is 0 Å². The third-order valence-corrected chi connectivity index (χ3v) is 1.04. The molecule has 0 fully saturated rings. The van der Waals surface area contributed by atoms with Crippen molar-refractivity contribution in [1.29, 1.82) is 0 Å². The lowest BCUT2D eigenvalue weighted by molar-refractivity contribution is 0.505. The maximum absolute atomic E-state index is 5.49. The van der Waals surface area contributed by atoms with E-state index in [1.807, 2.05) is 13.8 Å². The highest BCUT2D eigenvalue weighted by Crippen LogP contribution is 1.92. The highest BCUT2D eigenvalue weighted by Gasteiger charge is 1.97. The van der Waals surface area contributed by atoms with Gasteiger partial charge < -0.3 is 5.73 Å².